The van der Waals surface area contributed by atoms with Crippen molar-refractivity contribution in [3.8, 4) is 5.75 Å². The number of carbonyl (C=O) groups is 2. The first-order chi connectivity index (χ1) is 9.52. The van der Waals surface area contributed by atoms with Gasteiger partial charge in [0.1, 0.15) is 5.75 Å². The smallest absolute Gasteiger partial charge is 0.303 e. The van der Waals surface area contributed by atoms with Crippen molar-refractivity contribution in [1.82, 2.24) is 5.32 Å². The van der Waals surface area contributed by atoms with E-state index in [9.17, 15) is 9.59 Å². The molecule has 0 spiro atoms. The average Bonchev–Trinajstić information content (AvgIpc) is 2.38. The van der Waals surface area contributed by atoms with Gasteiger partial charge in [0.15, 0.2) is 0 Å². The van der Waals surface area contributed by atoms with Gasteiger partial charge in [0.25, 0.3) is 0 Å². The van der Waals surface area contributed by atoms with Gasteiger partial charge in [-0.05, 0) is 36.6 Å². The van der Waals surface area contributed by atoms with Gasteiger partial charge in [-0.2, -0.15) is 0 Å². The fraction of sp³-hybridized carbons (Fsp3) is 0.429. The van der Waals surface area contributed by atoms with Gasteiger partial charge in [0.05, 0.1) is 7.11 Å². The number of amides is 1. The van der Waals surface area contributed by atoms with Gasteiger partial charge in [-0.1, -0.05) is 15.9 Å². The van der Waals surface area contributed by atoms with Crippen molar-refractivity contribution in [3.05, 3.63) is 28.2 Å². The molecule has 0 saturated heterocycles. The highest BCUT2D eigenvalue weighted by molar-refractivity contribution is 9.10. The molecule has 1 amide bonds. The lowest BCUT2D eigenvalue weighted by Gasteiger charge is -2.09. The fourth-order valence-electron chi connectivity index (χ4n) is 1.77. The number of hydrogen-bond donors (Lipinski definition) is 2. The van der Waals surface area contributed by atoms with Gasteiger partial charge < -0.3 is 15.2 Å². The van der Waals surface area contributed by atoms with Gasteiger partial charge in [-0.25, -0.2) is 0 Å². The number of nitrogens with one attached hydrogen (secondary N) is 1. The summed E-state index contributed by atoms with van der Waals surface area (Å²) in [6.45, 7) is 0.499. The molecule has 0 aromatic heterocycles. The van der Waals surface area contributed by atoms with Gasteiger partial charge in [-0.15, -0.1) is 0 Å². The predicted octanol–water partition coefficient (Wildman–Crippen LogP) is 2.37. The molecule has 0 heterocycles. The van der Waals surface area contributed by atoms with Crippen LogP contribution in [0, 0.1) is 0 Å². The summed E-state index contributed by atoms with van der Waals surface area (Å²) in [5.41, 5.74) is 1.01. The molecule has 0 radical (unpaired) electrons. The van der Waals surface area contributed by atoms with Crippen LogP contribution in [0.1, 0.15) is 24.8 Å². The maximum absolute atomic E-state index is 11.5. The molecule has 0 fully saturated rings. The molecule has 20 heavy (non-hydrogen) atoms. The van der Waals surface area contributed by atoms with Crippen molar-refractivity contribution in [2.24, 2.45) is 0 Å². The van der Waals surface area contributed by atoms with E-state index in [1.54, 1.807) is 7.11 Å². The number of benzene rings is 1. The molecular formula is C14H18BrNO4. The Morgan fingerprint density at radius 3 is 2.75 bits per heavy atom. The normalized spacial score (nSPS) is 10.1. The van der Waals surface area contributed by atoms with Crippen LogP contribution in [0.15, 0.2) is 22.7 Å². The Morgan fingerprint density at radius 1 is 1.35 bits per heavy atom. The highest BCUT2D eigenvalue weighted by atomic mass is 79.9. The number of halogens is 1. The van der Waals surface area contributed by atoms with E-state index in [2.05, 4.69) is 21.2 Å². The summed E-state index contributed by atoms with van der Waals surface area (Å²) >= 11 is 3.40. The van der Waals surface area contributed by atoms with Gasteiger partial charge in [0.2, 0.25) is 5.91 Å². The van der Waals surface area contributed by atoms with Crippen LogP contribution in [0.4, 0.5) is 0 Å². The van der Waals surface area contributed by atoms with Crippen molar-refractivity contribution >= 4 is 27.8 Å². The summed E-state index contributed by atoms with van der Waals surface area (Å²) in [5, 5.41) is 11.3. The van der Waals surface area contributed by atoms with Gasteiger partial charge in [-0.3, -0.25) is 9.59 Å². The molecule has 6 heteroatoms. The average molecular weight is 344 g/mol. The third-order valence-corrected chi connectivity index (χ3v) is 3.25. The van der Waals surface area contributed by atoms with Crippen molar-refractivity contribution < 1.29 is 19.4 Å². The third-order valence-electron chi connectivity index (χ3n) is 2.75. The molecule has 110 valence electrons. The lowest BCUT2D eigenvalue weighted by atomic mass is 10.1. The van der Waals surface area contributed by atoms with Gasteiger partial charge >= 0.3 is 5.97 Å². The summed E-state index contributed by atoms with van der Waals surface area (Å²) in [6.07, 6.45) is 1.28. The van der Waals surface area contributed by atoms with E-state index in [1.165, 1.54) is 0 Å². The Bertz CT molecular complexity index is 476. The predicted molar refractivity (Wildman–Crippen MR) is 78.9 cm³/mol. The van der Waals surface area contributed by atoms with E-state index in [0.717, 1.165) is 15.8 Å². The van der Waals surface area contributed by atoms with Crippen molar-refractivity contribution in [1.29, 1.82) is 0 Å². The highest BCUT2D eigenvalue weighted by Crippen LogP contribution is 2.23. The van der Waals surface area contributed by atoms with Crippen molar-refractivity contribution in [2.45, 2.75) is 25.7 Å². The number of aliphatic carboxylic acids is 1. The van der Waals surface area contributed by atoms with Crippen LogP contribution < -0.4 is 10.1 Å². The molecular weight excluding hydrogens is 326 g/mol. The van der Waals surface area contributed by atoms with Crippen LogP contribution in [-0.4, -0.2) is 30.6 Å². The van der Waals surface area contributed by atoms with E-state index < -0.39 is 5.97 Å². The Labute approximate surface area is 126 Å². The first kappa shape index (κ1) is 16.5. The second-order valence-electron chi connectivity index (χ2n) is 4.30. The minimum atomic E-state index is -0.878. The van der Waals surface area contributed by atoms with E-state index in [-0.39, 0.29) is 18.7 Å². The van der Waals surface area contributed by atoms with Crippen molar-refractivity contribution in [2.75, 3.05) is 13.7 Å². The molecule has 0 aliphatic rings. The fourth-order valence-corrected chi connectivity index (χ4v) is 2.18. The number of carboxylic acid groups (broad SMARTS) is 1. The van der Waals surface area contributed by atoms with Crippen LogP contribution in [0.2, 0.25) is 0 Å². The summed E-state index contributed by atoms with van der Waals surface area (Å²) in [6, 6.07) is 5.72. The molecule has 1 rings (SSSR count). The summed E-state index contributed by atoms with van der Waals surface area (Å²) in [7, 11) is 1.61. The topological polar surface area (TPSA) is 75.6 Å². The van der Waals surface area contributed by atoms with Crippen LogP contribution in [0.3, 0.4) is 0 Å². The second-order valence-corrected chi connectivity index (χ2v) is 5.22. The molecule has 0 aliphatic carbocycles. The summed E-state index contributed by atoms with van der Waals surface area (Å²) in [5.74, 6) is -0.217. The Hall–Kier alpha value is -1.56. The Morgan fingerprint density at radius 2 is 2.10 bits per heavy atom. The number of ether oxygens (including phenoxy) is 1. The van der Waals surface area contributed by atoms with Crippen LogP contribution >= 0.6 is 15.9 Å². The van der Waals surface area contributed by atoms with E-state index in [0.29, 0.717) is 19.4 Å². The molecule has 1 aromatic carbocycles. The minimum Gasteiger partial charge on any atom is -0.496 e. The molecule has 0 unspecified atom stereocenters. The lowest BCUT2D eigenvalue weighted by molar-refractivity contribution is -0.137. The zero-order chi connectivity index (χ0) is 15.0. The van der Waals surface area contributed by atoms with Crippen LogP contribution in [0.25, 0.3) is 0 Å². The molecule has 5 nitrogen and oxygen atoms in total. The number of hydrogen-bond acceptors (Lipinski definition) is 3. The largest absolute Gasteiger partial charge is 0.496 e. The molecule has 0 atom stereocenters. The third kappa shape index (κ3) is 6.06. The summed E-state index contributed by atoms with van der Waals surface area (Å²) in [4.78, 5) is 21.8. The number of carbonyl (C=O) groups excluding carboxylic acids is 1. The highest BCUT2D eigenvalue weighted by Gasteiger charge is 2.06. The van der Waals surface area contributed by atoms with Crippen LogP contribution in [-0.2, 0) is 16.0 Å². The second kappa shape index (κ2) is 8.58. The zero-order valence-electron chi connectivity index (χ0n) is 11.3. The SMILES string of the molecule is COc1ccc(Br)cc1CCNC(=O)CCCC(=O)O. The first-order valence-electron chi connectivity index (χ1n) is 6.34. The molecule has 1 aromatic rings. The Balaban J connectivity index is 2.35. The summed E-state index contributed by atoms with van der Waals surface area (Å²) < 4.78 is 6.21. The molecule has 2 N–H and O–H groups in total. The van der Waals surface area contributed by atoms with E-state index >= 15 is 0 Å². The minimum absolute atomic E-state index is 0.0207. The maximum atomic E-state index is 11.5. The quantitative estimate of drug-likeness (QED) is 0.759. The molecule has 0 saturated carbocycles. The standard InChI is InChI=1S/C14H18BrNO4/c1-20-12-6-5-11(15)9-10(12)7-8-16-13(17)3-2-4-14(18)19/h5-6,9H,2-4,7-8H2,1H3,(H,16,17)(H,18,19). The number of carboxylic acids is 1. The number of methoxy groups -OCH3 is 1. The molecule has 0 aliphatic heterocycles. The monoisotopic (exact) mass is 343 g/mol. The Kier molecular flexibility index (Phi) is 7.08. The lowest BCUT2D eigenvalue weighted by Crippen LogP contribution is -2.25. The van der Waals surface area contributed by atoms with Crippen molar-refractivity contribution in [3.63, 3.8) is 0 Å². The van der Waals surface area contributed by atoms with Gasteiger partial charge in [0, 0.05) is 23.9 Å². The number of rotatable bonds is 8. The van der Waals surface area contributed by atoms with Crippen LogP contribution in [0.5, 0.6) is 5.75 Å². The molecule has 0 bridgehead atoms. The zero-order valence-corrected chi connectivity index (χ0v) is 12.9. The maximum Gasteiger partial charge on any atom is 0.303 e. The van der Waals surface area contributed by atoms with E-state index in [4.69, 9.17) is 9.84 Å². The first-order valence-corrected chi connectivity index (χ1v) is 7.13. The van der Waals surface area contributed by atoms with E-state index in [1.807, 2.05) is 18.2 Å².